The fourth-order valence-electron chi connectivity index (χ4n) is 5.16. The Morgan fingerprint density at radius 3 is 2.44 bits per heavy atom. The third kappa shape index (κ3) is 1.83. The van der Waals surface area contributed by atoms with Gasteiger partial charge in [0.1, 0.15) is 5.60 Å². The number of carbonyl (C=O) groups is 1. The second kappa shape index (κ2) is 3.59. The van der Waals surface area contributed by atoms with Crippen LogP contribution in [0.25, 0.3) is 0 Å². The van der Waals surface area contributed by atoms with Crippen molar-refractivity contribution in [3.63, 3.8) is 0 Å². The number of hydrogen-bond donors (Lipinski definition) is 1. The largest absolute Gasteiger partial charge is 0.481 e. The Kier molecular flexibility index (Phi) is 2.34. The first-order chi connectivity index (χ1) is 8.40. The summed E-state index contributed by atoms with van der Waals surface area (Å²) >= 11 is 0. The highest BCUT2D eigenvalue weighted by Gasteiger charge is 2.60. The Hall–Kier alpha value is -1.33. The summed E-state index contributed by atoms with van der Waals surface area (Å²) in [5.74, 6) is 0.0179. The SMILES string of the molecule is O=C(O)CC12C[C@@H]3C[C@@H](C1)CC(O[N+](=O)[O-])(C3)C2. The highest BCUT2D eigenvalue weighted by molar-refractivity contribution is 5.67. The van der Waals surface area contributed by atoms with Gasteiger partial charge in [-0.05, 0) is 55.8 Å². The van der Waals surface area contributed by atoms with Crippen LogP contribution in [-0.4, -0.2) is 21.8 Å². The van der Waals surface area contributed by atoms with Crippen molar-refractivity contribution in [3.8, 4) is 0 Å². The minimum Gasteiger partial charge on any atom is -0.481 e. The lowest BCUT2D eigenvalue weighted by molar-refractivity contribution is -0.785. The molecule has 4 aliphatic rings. The number of rotatable bonds is 4. The van der Waals surface area contributed by atoms with E-state index < -0.39 is 16.7 Å². The van der Waals surface area contributed by atoms with Crippen molar-refractivity contribution in [2.75, 3.05) is 0 Å². The Labute approximate surface area is 104 Å². The molecule has 4 rings (SSSR count). The van der Waals surface area contributed by atoms with E-state index in [-0.39, 0.29) is 11.8 Å². The molecule has 0 spiro atoms. The molecule has 0 amide bonds. The molecule has 0 aliphatic heterocycles. The predicted molar refractivity (Wildman–Crippen MR) is 60.2 cm³/mol. The molecule has 6 nitrogen and oxygen atoms in total. The van der Waals surface area contributed by atoms with Crippen molar-refractivity contribution in [2.45, 2.75) is 50.5 Å². The van der Waals surface area contributed by atoms with Crippen LogP contribution in [0.15, 0.2) is 0 Å². The van der Waals surface area contributed by atoms with Gasteiger partial charge in [0.25, 0.3) is 5.09 Å². The van der Waals surface area contributed by atoms with Gasteiger partial charge in [-0.1, -0.05) is 0 Å². The lowest BCUT2D eigenvalue weighted by atomic mass is 9.47. The average molecular weight is 255 g/mol. The van der Waals surface area contributed by atoms with Crippen LogP contribution in [-0.2, 0) is 9.63 Å². The molecule has 0 saturated heterocycles. The minimum absolute atomic E-state index is 0.128. The summed E-state index contributed by atoms with van der Waals surface area (Å²) in [6, 6.07) is 0. The molecule has 6 heteroatoms. The topological polar surface area (TPSA) is 89.7 Å². The number of nitrogens with zero attached hydrogens (tertiary/aromatic N) is 1. The second-order valence-electron chi connectivity index (χ2n) is 6.53. The monoisotopic (exact) mass is 255 g/mol. The molecule has 2 atom stereocenters. The van der Waals surface area contributed by atoms with E-state index in [1.807, 2.05) is 0 Å². The lowest BCUT2D eigenvalue weighted by Gasteiger charge is -2.60. The minimum atomic E-state index is -0.798. The summed E-state index contributed by atoms with van der Waals surface area (Å²) in [7, 11) is 0. The average Bonchev–Trinajstić information content (AvgIpc) is 2.08. The van der Waals surface area contributed by atoms with E-state index in [0.29, 0.717) is 18.3 Å². The first-order valence-electron chi connectivity index (χ1n) is 6.46. The van der Waals surface area contributed by atoms with Crippen LogP contribution in [0.1, 0.15) is 44.9 Å². The summed E-state index contributed by atoms with van der Waals surface area (Å²) in [4.78, 5) is 26.7. The van der Waals surface area contributed by atoms with Crippen molar-refractivity contribution in [3.05, 3.63) is 10.1 Å². The van der Waals surface area contributed by atoms with E-state index in [4.69, 9.17) is 9.94 Å². The van der Waals surface area contributed by atoms with Crippen LogP contribution in [0.5, 0.6) is 0 Å². The molecule has 0 aromatic rings. The van der Waals surface area contributed by atoms with Crippen LogP contribution < -0.4 is 0 Å². The quantitative estimate of drug-likeness (QED) is 0.613. The Morgan fingerprint density at radius 1 is 1.33 bits per heavy atom. The van der Waals surface area contributed by atoms with Gasteiger partial charge in [-0.25, -0.2) is 0 Å². The van der Waals surface area contributed by atoms with Crippen molar-refractivity contribution in [2.24, 2.45) is 17.3 Å². The van der Waals surface area contributed by atoms with Gasteiger partial charge >= 0.3 is 5.97 Å². The van der Waals surface area contributed by atoms with E-state index in [1.54, 1.807) is 0 Å². The summed E-state index contributed by atoms with van der Waals surface area (Å²) in [6.45, 7) is 0. The molecule has 18 heavy (non-hydrogen) atoms. The Bertz CT molecular complexity index is 359. The molecular formula is C12H17NO5. The summed E-state index contributed by atoms with van der Waals surface area (Å²) < 4.78 is 0. The van der Waals surface area contributed by atoms with Crippen LogP contribution in [0.2, 0.25) is 0 Å². The highest BCUT2D eigenvalue weighted by atomic mass is 17.0. The van der Waals surface area contributed by atoms with Gasteiger partial charge in [-0.15, -0.1) is 10.1 Å². The molecule has 0 radical (unpaired) electrons. The van der Waals surface area contributed by atoms with Crippen molar-refractivity contribution in [1.82, 2.24) is 0 Å². The fourth-order valence-corrected chi connectivity index (χ4v) is 5.16. The molecular weight excluding hydrogens is 238 g/mol. The second-order valence-corrected chi connectivity index (χ2v) is 6.53. The first kappa shape index (κ1) is 11.7. The summed E-state index contributed by atoms with van der Waals surface area (Å²) in [6.07, 6.45) is 5.02. The number of carboxylic acid groups (broad SMARTS) is 1. The van der Waals surface area contributed by atoms with Gasteiger partial charge in [-0.2, -0.15) is 0 Å². The number of hydrogen-bond acceptors (Lipinski definition) is 4. The zero-order valence-corrected chi connectivity index (χ0v) is 10.1. The van der Waals surface area contributed by atoms with E-state index in [9.17, 15) is 14.9 Å². The Morgan fingerprint density at radius 2 is 1.94 bits per heavy atom. The smallest absolute Gasteiger partial charge is 0.303 e. The predicted octanol–water partition coefficient (Wildman–Crippen LogP) is 2.01. The molecule has 4 aliphatic carbocycles. The van der Waals surface area contributed by atoms with Crippen LogP contribution >= 0.6 is 0 Å². The maximum absolute atomic E-state index is 11.0. The van der Waals surface area contributed by atoms with E-state index in [1.165, 1.54) is 0 Å². The van der Waals surface area contributed by atoms with E-state index in [2.05, 4.69) is 0 Å². The standard InChI is InChI=1S/C12H17NO5/c14-10(15)6-11-2-8-1-9(3-11)5-12(4-8,7-11)18-13(16)17/h8-9H,1-7H2,(H,14,15)/t8-,9-,11?,12?/m0/s1. The van der Waals surface area contributed by atoms with E-state index in [0.717, 1.165) is 32.1 Å². The third-order valence-electron chi connectivity index (χ3n) is 4.92. The maximum atomic E-state index is 11.0. The van der Waals surface area contributed by atoms with Gasteiger partial charge < -0.3 is 9.94 Å². The summed E-state index contributed by atoms with van der Waals surface area (Å²) in [5, 5.41) is 19.0. The molecule has 4 fully saturated rings. The first-order valence-corrected chi connectivity index (χ1v) is 6.46. The normalized spacial score (nSPS) is 44.9. The maximum Gasteiger partial charge on any atom is 0.303 e. The van der Waals surface area contributed by atoms with Gasteiger partial charge in [0.2, 0.25) is 0 Å². The lowest BCUT2D eigenvalue weighted by Crippen LogP contribution is -2.57. The summed E-state index contributed by atoms with van der Waals surface area (Å²) in [5.41, 5.74) is -0.949. The van der Waals surface area contributed by atoms with Gasteiger partial charge in [-0.3, -0.25) is 4.79 Å². The fraction of sp³-hybridized carbons (Fsp3) is 0.917. The van der Waals surface area contributed by atoms with E-state index >= 15 is 0 Å². The zero-order valence-electron chi connectivity index (χ0n) is 10.1. The van der Waals surface area contributed by atoms with Crippen molar-refractivity contribution in [1.29, 1.82) is 0 Å². The van der Waals surface area contributed by atoms with Gasteiger partial charge in [0, 0.05) is 0 Å². The van der Waals surface area contributed by atoms with Crippen molar-refractivity contribution < 1.29 is 19.8 Å². The molecule has 100 valence electrons. The molecule has 0 unspecified atom stereocenters. The van der Waals surface area contributed by atoms with Gasteiger partial charge in [0.05, 0.1) is 6.42 Å². The highest BCUT2D eigenvalue weighted by Crippen LogP contribution is 2.63. The van der Waals surface area contributed by atoms with Crippen LogP contribution in [0.4, 0.5) is 0 Å². The number of aliphatic carboxylic acids is 1. The zero-order chi connectivity index (χ0) is 13.0. The molecule has 0 aromatic heterocycles. The molecule has 1 N–H and O–H groups in total. The van der Waals surface area contributed by atoms with Crippen LogP contribution in [0, 0.1) is 27.4 Å². The van der Waals surface area contributed by atoms with Crippen molar-refractivity contribution >= 4 is 5.97 Å². The molecule has 4 saturated carbocycles. The van der Waals surface area contributed by atoms with Gasteiger partial charge in [0.15, 0.2) is 0 Å². The molecule has 0 aromatic carbocycles. The number of carboxylic acids is 1. The third-order valence-corrected chi connectivity index (χ3v) is 4.92. The van der Waals surface area contributed by atoms with Crippen LogP contribution in [0.3, 0.4) is 0 Å². The molecule has 0 heterocycles. The Balaban J connectivity index is 1.87. The molecule has 4 bridgehead atoms.